The van der Waals surface area contributed by atoms with E-state index in [9.17, 15) is 9.90 Å². The second-order valence-electron chi connectivity index (χ2n) is 9.98. The van der Waals surface area contributed by atoms with Crippen LogP contribution < -0.4 is 14.2 Å². The summed E-state index contributed by atoms with van der Waals surface area (Å²) in [5.41, 5.74) is 0.943. The van der Waals surface area contributed by atoms with Gasteiger partial charge in [-0.25, -0.2) is 4.98 Å². The molecule has 4 rings (SSSR count). The number of benzene rings is 2. The smallest absolute Gasteiger partial charge is 0.219 e. The Morgan fingerprint density at radius 3 is 2.53 bits per heavy atom. The maximum atomic E-state index is 12.3. The largest absolute Gasteiger partial charge is 0.493 e. The molecule has 0 unspecified atom stereocenters. The predicted molar refractivity (Wildman–Crippen MR) is 145 cm³/mol. The van der Waals surface area contributed by atoms with E-state index in [0.29, 0.717) is 56.6 Å². The molecule has 2 heterocycles. The van der Waals surface area contributed by atoms with E-state index >= 15 is 0 Å². The number of β-amino-alcohol motifs (C(OH)–C–C–N with tert-alkyl or cyclic N) is 1. The average Bonchev–Trinajstić information content (AvgIpc) is 3.22. The van der Waals surface area contributed by atoms with Crippen LogP contribution in [0.3, 0.4) is 0 Å². The van der Waals surface area contributed by atoms with Crippen molar-refractivity contribution in [1.82, 2.24) is 19.4 Å². The summed E-state index contributed by atoms with van der Waals surface area (Å²) in [7, 11) is 1.63. The summed E-state index contributed by atoms with van der Waals surface area (Å²) >= 11 is 0. The van der Waals surface area contributed by atoms with Gasteiger partial charge in [0.2, 0.25) is 5.91 Å². The van der Waals surface area contributed by atoms with Crippen LogP contribution in [0.15, 0.2) is 54.9 Å². The topological polar surface area (TPSA) is 89.3 Å². The first-order chi connectivity index (χ1) is 18.2. The zero-order valence-electron chi connectivity index (χ0n) is 22.7. The van der Waals surface area contributed by atoms with Crippen molar-refractivity contribution in [2.24, 2.45) is 0 Å². The van der Waals surface area contributed by atoms with Gasteiger partial charge in [0.1, 0.15) is 30.4 Å². The van der Waals surface area contributed by atoms with Crippen LogP contribution in [0, 0.1) is 13.8 Å². The summed E-state index contributed by atoms with van der Waals surface area (Å²) in [6.07, 6.45) is 3.71. The maximum Gasteiger partial charge on any atom is 0.219 e. The molecule has 1 aromatic heterocycles. The molecule has 0 aliphatic carbocycles. The van der Waals surface area contributed by atoms with Gasteiger partial charge in [-0.1, -0.05) is 23.8 Å². The van der Waals surface area contributed by atoms with Crippen molar-refractivity contribution in [2.45, 2.75) is 39.5 Å². The van der Waals surface area contributed by atoms with Gasteiger partial charge >= 0.3 is 0 Å². The summed E-state index contributed by atoms with van der Waals surface area (Å²) in [5.74, 6) is 2.90. The Labute approximate surface area is 224 Å². The highest BCUT2D eigenvalue weighted by Crippen LogP contribution is 2.29. The fourth-order valence-electron chi connectivity index (χ4n) is 4.67. The standard InChI is InChI=1S/C29H38N4O5/c1-22-5-8-26(9-6-22)38-21-29(35)19-31(13-14-33(20-29)24(3)34)18-25-7-10-27(36-4)28(17-25)37-16-15-32-12-11-30-23(32)2/h5-12,17,35H,13-16,18-21H2,1-4H3/t29-/m0/s1. The zero-order chi connectivity index (χ0) is 27.1. The Morgan fingerprint density at radius 1 is 1.05 bits per heavy atom. The fraction of sp³-hybridized carbons (Fsp3) is 0.448. The van der Waals surface area contributed by atoms with Crippen molar-refractivity contribution in [3.8, 4) is 17.2 Å². The molecule has 1 fully saturated rings. The number of ether oxygens (including phenoxy) is 3. The first-order valence-corrected chi connectivity index (χ1v) is 12.9. The van der Waals surface area contributed by atoms with E-state index in [1.54, 1.807) is 18.2 Å². The maximum absolute atomic E-state index is 12.3. The lowest BCUT2D eigenvalue weighted by Crippen LogP contribution is -2.51. The molecular formula is C29H38N4O5. The van der Waals surface area contributed by atoms with Crippen LogP contribution in [-0.4, -0.2) is 82.5 Å². The molecule has 204 valence electrons. The lowest BCUT2D eigenvalue weighted by molar-refractivity contribution is -0.132. The van der Waals surface area contributed by atoms with Crippen LogP contribution in [0.5, 0.6) is 17.2 Å². The number of carbonyl (C=O) groups excluding carboxylic acids is 1. The summed E-state index contributed by atoms with van der Waals surface area (Å²) in [6.45, 7) is 9.09. The number of hydrogen-bond donors (Lipinski definition) is 1. The van der Waals surface area contributed by atoms with Gasteiger partial charge in [-0.3, -0.25) is 9.69 Å². The van der Waals surface area contributed by atoms with Crippen LogP contribution in [0.25, 0.3) is 0 Å². The van der Waals surface area contributed by atoms with Crippen LogP contribution in [0.1, 0.15) is 23.9 Å². The van der Waals surface area contributed by atoms with Crippen LogP contribution >= 0.6 is 0 Å². The third-order valence-electron chi connectivity index (χ3n) is 6.81. The van der Waals surface area contributed by atoms with E-state index in [1.165, 1.54) is 6.92 Å². The Balaban J connectivity index is 1.44. The van der Waals surface area contributed by atoms with E-state index < -0.39 is 5.60 Å². The normalized spacial score (nSPS) is 18.2. The molecule has 0 saturated carbocycles. The predicted octanol–water partition coefficient (Wildman–Crippen LogP) is 3.06. The molecule has 2 aromatic carbocycles. The van der Waals surface area contributed by atoms with Crippen molar-refractivity contribution in [2.75, 3.05) is 46.5 Å². The van der Waals surface area contributed by atoms with E-state index in [4.69, 9.17) is 14.2 Å². The summed E-state index contributed by atoms with van der Waals surface area (Å²) in [5, 5.41) is 11.6. The van der Waals surface area contributed by atoms with E-state index in [0.717, 1.165) is 17.0 Å². The molecule has 1 saturated heterocycles. The van der Waals surface area contributed by atoms with Crippen LogP contribution in [0.2, 0.25) is 0 Å². The number of aryl methyl sites for hydroxylation is 2. The average molecular weight is 523 g/mol. The fourth-order valence-corrected chi connectivity index (χ4v) is 4.67. The van der Waals surface area contributed by atoms with Crippen LogP contribution in [0.4, 0.5) is 0 Å². The third kappa shape index (κ3) is 7.26. The molecule has 38 heavy (non-hydrogen) atoms. The number of carbonyl (C=O) groups is 1. The number of aromatic nitrogens is 2. The first-order valence-electron chi connectivity index (χ1n) is 12.9. The van der Waals surface area contributed by atoms with Gasteiger partial charge in [0.15, 0.2) is 11.5 Å². The van der Waals surface area contributed by atoms with Crippen molar-refractivity contribution in [1.29, 1.82) is 0 Å². The molecule has 3 aromatic rings. The highest BCUT2D eigenvalue weighted by atomic mass is 16.5. The minimum Gasteiger partial charge on any atom is -0.493 e. The molecule has 1 amide bonds. The third-order valence-corrected chi connectivity index (χ3v) is 6.81. The molecule has 9 nitrogen and oxygen atoms in total. The Kier molecular flexibility index (Phi) is 8.91. The van der Waals surface area contributed by atoms with Gasteiger partial charge in [-0.15, -0.1) is 0 Å². The quantitative estimate of drug-likeness (QED) is 0.438. The lowest BCUT2D eigenvalue weighted by atomic mass is 10.0. The van der Waals surface area contributed by atoms with E-state index in [2.05, 4.69) is 9.88 Å². The molecule has 9 heteroatoms. The molecular weight excluding hydrogens is 484 g/mol. The zero-order valence-corrected chi connectivity index (χ0v) is 22.7. The minimum atomic E-state index is -1.22. The van der Waals surface area contributed by atoms with Crippen molar-refractivity contribution < 1.29 is 24.1 Å². The van der Waals surface area contributed by atoms with Crippen molar-refractivity contribution in [3.63, 3.8) is 0 Å². The highest BCUT2D eigenvalue weighted by molar-refractivity contribution is 5.73. The summed E-state index contributed by atoms with van der Waals surface area (Å²) in [4.78, 5) is 20.4. The molecule has 1 N–H and O–H groups in total. The number of imidazole rings is 1. The Morgan fingerprint density at radius 2 is 1.84 bits per heavy atom. The Bertz CT molecular complexity index is 1210. The summed E-state index contributed by atoms with van der Waals surface area (Å²) in [6, 6.07) is 13.6. The minimum absolute atomic E-state index is 0.0612. The van der Waals surface area contributed by atoms with Crippen molar-refractivity contribution in [3.05, 3.63) is 71.8 Å². The van der Waals surface area contributed by atoms with Crippen LogP contribution in [-0.2, 0) is 17.9 Å². The molecule has 1 aliphatic rings. The van der Waals surface area contributed by atoms with Gasteiger partial charge in [-0.05, 0) is 43.7 Å². The number of methoxy groups -OCH3 is 1. The number of amides is 1. The van der Waals surface area contributed by atoms with E-state index in [-0.39, 0.29) is 19.1 Å². The summed E-state index contributed by atoms with van der Waals surface area (Å²) < 4.78 is 19.6. The second kappa shape index (κ2) is 12.3. The van der Waals surface area contributed by atoms with Gasteiger partial charge in [-0.2, -0.15) is 0 Å². The lowest BCUT2D eigenvalue weighted by Gasteiger charge is -2.32. The molecule has 1 atom stereocenters. The number of rotatable bonds is 10. The van der Waals surface area contributed by atoms with Gasteiger partial charge in [0.05, 0.1) is 20.2 Å². The van der Waals surface area contributed by atoms with E-state index in [1.807, 2.05) is 67.1 Å². The number of aliphatic hydroxyl groups is 1. The first kappa shape index (κ1) is 27.5. The molecule has 0 radical (unpaired) electrons. The Hall–Kier alpha value is -3.56. The second-order valence-corrected chi connectivity index (χ2v) is 9.98. The van der Waals surface area contributed by atoms with Gasteiger partial charge < -0.3 is 28.8 Å². The SMILES string of the molecule is COc1ccc(CN2CCN(C(C)=O)C[C@](O)(COc3ccc(C)cc3)C2)cc1OCCn1ccnc1C. The molecule has 0 bridgehead atoms. The number of hydrogen-bond acceptors (Lipinski definition) is 7. The van der Waals surface area contributed by atoms with Crippen molar-refractivity contribution >= 4 is 5.91 Å². The van der Waals surface area contributed by atoms with Gasteiger partial charge in [0, 0.05) is 45.5 Å². The highest BCUT2D eigenvalue weighted by Gasteiger charge is 2.37. The monoisotopic (exact) mass is 522 g/mol. The number of nitrogens with zero attached hydrogens (tertiary/aromatic N) is 4. The molecule has 0 spiro atoms. The van der Waals surface area contributed by atoms with Gasteiger partial charge in [0.25, 0.3) is 0 Å². The molecule has 1 aliphatic heterocycles.